The first kappa shape index (κ1) is 13.6. The zero-order valence-corrected chi connectivity index (χ0v) is 14.9. The average molecular weight is 355 g/mol. The Morgan fingerprint density at radius 2 is 1.48 bits per heavy atom. The van der Waals surface area contributed by atoms with Gasteiger partial charge in [-0.15, -0.1) is 22.7 Å². The Morgan fingerprint density at radius 3 is 2.44 bits per heavy atom. The smallest absolute Gasteiger partial charge is 0.101 e. The number of thiophene rings is 2. The fourth-order valence-corrected chi connectivity index (χ4v) is 5.64. The average Bonchev–Trinajstić information content (AvgIpc) is 3.34. The van der Waals surface area contributed by atoms with Crippen molar-refractivity contribution in [2.24, 2.45) is 0 Å². The lowest BCUT2D eigenvalue weighted by Crippen LogP contribution is -1.89. The van der Waals surface area contributed by atoms with Crippen molar-refractivity contribution in [1.82, 2.24) is 4.57 Å². The quantitative estimate of drug-likeness (QED) is 0.293. The van der Waals surface area contributed by atoms with Crippen molar-refractivity contribution in [3.63, 3.8) is 0 Å². The van der Waals surface area contributed by atoms with Gasteiger partial charge < -0.3 is 4.57 Å². The first-order valence-corrected chi connectivity index (χ1v) is 9.97. The molecule has 3 aromatic carbocycles. The van der Waals surface area contributed by atoms with Gasteiger partial charge in [-0.25, -0.2) is 0 Å². The van der Waals surface area contributed by atoms with Crippen molar-refractivity contribution in [2.75, 3.05) is 0 Å². The van der Waals surface area contributed by atoms with Gasteiger partial charge in [0.15, 0.2) is 0 Å². The van der Waals surface area contributed by atoms with E-state index in [1.54, 1.807) is 0 Å². The van der Waals surface area contributed by atoms with Gasteiger partial charge in [-0.3, -0.25) is 0 Å². The van der Waals surface area contributed by atoms with E-state index in [0.717, 1.165) is 0 Å². The molecule has 0 aliphatic heterocycles. The number of fused-ring (bicyclic) bond motifs is 5. The molecule has 3 aromatic heterocycles. The highest BCUT2D eigenvalue weighted by molar-refractivity contribution is 7.21. The molecule has 6 aromatic rings. The largest absolute Gasteiger partial charge is 0.301 e. The van der Waals surface area contributed by atoms with Crippen LogP contribution in [0, 0.1) is 0 Å². The van der Waals surface area contributed by atoms with E-state index in [2.05, 4.69) is 82.7 Å². The van der Waals surface area contributed by atoms with E-state index in [0.29, 0.717) is 0 Å². The van der Waals surface area contributed by atoms with Crippen LogP contribution in [0.4, 0.5) is 0 Å². The van der Waals surface area contributed by atoms with Crippen molar-refractivity contribution < 1.29 is 0 Å². The summed E-state index contributed by atoms with van der Waals surface area (Å²) in [5, 5.41) is 8.75. The molecule has 0 saturated carbocycles. The second-order valence-corrected chi connectivity index (χ2v) is 8.31. The van der Waals surface area contributed by atoms with E-state index in [4.69, 9.17) is 0 Å². The Hall–Kier alpha value is -2.62. The van der Waals surface area contributed by atoms with Crippen LogP contribution < -0.4 is 0 Å². The minimum absolute atomic E-state index is 1.28. The van der Waals surface area contributed by atoms with Gasteiger partial charge in [0.05, 0.1) is 11.0 Å². The molecule has 0 fully saturated rings. The molecule has 0 unspecified atom stereocenters. The minimum atomic E-state index is 1.28. The maximum absolute atomic E-state index is 2.43. The van der Waals surface area contributed by atoms with Crippen LogP contribution in [0.5, 0.6) is 0 Å². The normalized spacial score (nSPS) is 12.0. The summed E-state index contributed by atoms with van der Waals surface area (Å²) >= 11 is 3.67. The zero-order valence-electron chi connectivity index (χ0n) is 13.3. The van der Waals surface area contributed by atoms with Crippen LogP contribution >= 0.6 is 22.7 Å². The minimum Gasteiger partial charge on any atom is -0.301 e. The highest BCUT2D eigenvalue weighted by Crippen LogP contribution is 2.39. The maximum Gasteiger partial charge on any atom is 0.101 e. The maximum atomic E-state index is 2.43. The van der Waals surface area contributed by atoms with Crippen LogP contribution in [0.1, 0.15) is 0 Å². The number of rotatable bonds is 1. The third-order valence-corrected chi connectivity index (χ3v) is 6.86. The first-order chi connectivity index (χ1) is 12.4. The first-order valence-electron chi connectivity index (χ1n) is 8.28. The van der Waals surface area contributed by atoms with Gasteiger partial charge in [0.1, 0.15) is 5.00 Å². The molecule has 25 heavy (non-hydrogen) atoms. The standard InChI is InChI=1S/C22H13NS2/c1-4-8-20-14(5-1)12-22(25-20)23-18-7-3-2-6-16(18)17-11-15-9-10-24-21(15)13-19(17)23/h1-13H. The number of nitrogens with zero attached hydrogens (tertiary/aromatic N) is 1. The van der Waals surface area contributed by atoms with Crippen LogP contribution in [-0.4, -0.2) is 4.57 Å². The van der Waals surface area contributed by atoms with Crippen LogP contribution in [0.2, 0.25) is 0 Å². The Morgan fingerprint density at radius 1 is 0.640 bits per heavy atom. The molecular weight excluding hydrogens is 342 g/mol. The third-order valence-electron chi connectivity index (χ3n) is 4.88. The van der Waals surface area contributed by atoms with Crippen LogP contribution in [0.25, 0.3) is 47.0 Å². The van der Waals surface area contributed by atoms with E-state index in [9.17, 15) is 0 Å². The molecule has 0 N–H and O–H groups in total. The van der Waals surface area contributed by atoms with E-state index in [1.165, 1.54) is 47.0 Å². The number of para-hydroxylation sites is 1. The molecule has 0 radical (unpaired) electrons. The van der Waals surface area contributed by atoms with Crippen LogP contribution in [0.15, 0.2) is 78.2 Å². The Labute approximate surface area is 152 Å². The molecule has 0 saturated heterocycles. The van der Waals surface area contributed by atoms with Gasteiger partial charge >= 0.3 is 0 Å². The molecule has 3 heteroatoms. The molecular formula is C22H13NS2. The van der Waals surface area contributed by atoms with Gasteiger partial charge in [-0.1, -0.05) is 36.4 Å². The van der Waals surface area contributed by atoms with E-state index in [-0.39, 0.29) is 0 Å². The molecule has 0 bridgehead atoms. The van der Waals surface area contributed by atoms with Crippen molar-refractivity contribution in [3.8, 4) is 5.00 Å². The lowest BCUT2D eigenvalue weighted by molar-refractivity contribution is 1.23. The van der Waals surface area contributed by atoms with Gasteiger partial charge in [0, 0.05) is 20.2 Å². The Balaban J connectivity index is 1.82. The lowest BCUT2D eigenvalue weighted by Gasteiger charge is -2.04. The lowest BCUT2D eigenvalue weighted by atomic mass is 10.1. The SMILES string of the molecule is c1ccc2sc(-n3c4ccccc4c4cc5ccsc5cc43)cc2c1. The van der Waals surface area contributed by atoms with E-state index < -0.39 is 0 Å². The summed E-state index contributed by atoms with van der Waals surface area (Å²) < 4.78 is 5.10. The monoisotopic (exact) mass is 355 g/mol. The van der Waals surface area contributed by atoms with Crippen molar-refractivity contribution >= 4 is 64.7 Å². The van der Waals surface area contributed by atoms with Crippen LogP contribution in [-0.2, 0) is 0 Å². The fraction of sp³-hybridized carbons (Fsp3) is 0. The van der Waals surface area contributed by atoms with Crippen molar-refractivity contribution in [3.05, 3.63) is 78.2 Å². The third kappa shape index (κ3) is 1.88. The van der Waals surface area contributed by atoms with Gasteiger partial charge in [-0.05, 0) is 52.6 Å². The second kappa shape index (κ2) is 4.94. The highest BCUT2D eigenvalue weighted by atomic mass is 32.1. The summed E-state index contributed by atoms with van der Waals surface area (Å²) in [5.74, 6) is 0. The van der Waals surface area contributed by atoms with Gasteiger partial charge in [-0.2, -0.15) is 0 Å². The highest BCUT2D eigenvalue weighted by Gasteiger charge is 2.15. The van der Waals surface area contributed by atoms with Gasteiger partial charge in [0.25, 0.3) is 0 Å². The second-order valence-electron chi connectivity index (χ2n) is 6.30. The van der Waals surface area contributed by atoms with Crippen molar-refractivity contribution in [1.29, 1.82) is 0 Å². The van der Waals surface area contributed by atoms with E-state index >= 15 is 0 Å². The predicted molar refractivity (Wildman–Crippen MR) is 112 cm³/mol. The molecule has 0 amide bonds. The number of hydrogen-bond donors (Lipinski definition) is 0. The number of aromatic nitrogens is 1. The molecule has 0 atom stereocenters. The molecule has 6 rings (SSSR count). The molecule has 1 nitrogen and oxygen atoms in total. The topological polar surface area (TPSA) is 4.93 Å². The number of hydrogen-bond acceptors (Lipinski definition) is 2. The summed E-state index contributed by atoms with van der Waals surface area (Å²) in [7, 11) is 0. The molecule has 0 aliphatic carbocycles. The summed E-state index contributed by atoms with van der Waals surface area (Å²) in [6.07, 6.45) is 0. The molecule has 0 aliphatic rings. The summed E-state index contributed by atoms with van der Waals surface area (Å²) in [5.41, 5.74) is 2.57. The van der Waals surface area contributed by atoms with Crippen molar-refractivity contribution in [2.45, 2.75) is 0 Å². The predicted octanol–water partition coefficient (Wildman–Crippen LogP) is 7.21. The molecule has 118 valence electrons. The van der Waals surface area contributed by atoms with E-state index in [1.807, 2.05) is 22.7 Å². The summed E-state index contributed by atoms with van der Waals surface area (Å²) in [4.78, 5) is 0. The Bertz CT molecular complexity index is 1360. The molecule has 0 spiro atoms. The number of benzene rings is 3. The fourth-order valence-electron chi connectivity index (χ4n) is 3.74. The molecule has 3 heterocycles. The van der Waals surface area contributed by atoms with Gasteiger partial charge in [0.2, 0.25) is 0 Å². The summed E-state index contributed by atoms with van der Waals surface area (Å²) in [6, 6.07) is 26.6. The summed E-state index contributed by atoms with van der Waals surface area (Å²) in [6.45, 7) is 0. The zero-order chi connectivity index (χ0) is 16.4. The van der Waals surface area contributed by atoms with Crippen LogP contribution in [0.3, 0.4) is 0 Å². The Kier molecular flexibility index (Phi) is 2.70.